The summed E-state index contributed by atoms with van der Waals surface area (Å²) in [6.07, 6.45) is 7.37. The molecule has 0 saturated carbocycles. The molecular formula is C19H21ClN2O3. The maximum Gasteiger partial charge on any atom is 0.244 e. The molecule has 1 heterocycles. The molecule has 1 aliphatic heterocycles. The van der Waals surface area contributed by atoms with Gasteiger partial charge in [0.2, 0.25) is 11.8 Å². The molecule has 1 aromatic carbocycles. The lowest BCUT2D eigenvalue weighted by Gasteiger charge is -2.16. The van der Waals surface area contributed by atoms with Gasteiger partial charge in [-0.25, -0.2) is 0 Å². The van der Waals surface area contributed by atoms with E-state index in [9.17, 15) is 14.4 Å². The predicted octanol–water partition coefficient (Wildman–Crippen LogP) is 2.51. The van der Waals surface area contributed by atoms with E-state index < -0.39 is 0 Å². The van der Waals surface area contributed by atoms with Crippen LogP contribution in [0.5, 0.6) is 0 Å². The Labute approximate surface area is 152 Å². The van der Waals surface area contributed by atoms with Crippen molar-refractivity contribution in [3.05, 3.63) is 53.1 Å². The number of halogens is 1. The summed E-state index contributed by atoms with van der Waals surface area (Å²) >= 11 is 5.83. The van der Waals surface area contributed by atoms with Gasteiger partial charge in [-0.05, 0) is 49.6 Å². The molecule has 1 aromatic rings. The second-order valence-corrected chi connectivity index (χ2v) is 6.42. The number of allylic oxidation sites excluding steroid dienone is 1. The fourth-order valence-corrected chi connectivity index (χ4v) is 2.72. The smallest absolute Gasteiger partial charge is 0.244 e. The van der Waals surface area contributed by atoms with Crippen LogP contribution in [0, 0.1) is 5.92 Å². The first-order valence-electron chi connectivity index (χ1n) is 8.14. The summed E-state index contributed by atoms with van der Waals surface area (Å²) in [4.78, 5) is 35.1. The van der Waals surface area contributed by atoms with E-state index in [2.05, 4.69) is 10.6 Å². The molecule has 0 aromatic heterocycles. The quantitative estimate of drug-likeness (QED) is 0.733. The molecule has 0 bridgehead atoms. The van der Waals surface area contributed by atoms with Crippen molar-refractivity contribution in [1.82, 2.24) is 10.6 Å². The van der Waals surface area contributed by atoms with Gasteiger partial charge in [-0.3, -0.25) is 14.4 Å². The van der Waals surface area contributed by atoms with Gasteiger partial charge in [0.15, 0.2) is 5.78 Å². The minimum atomic E-state index is -0.375. The predicted molar refractivity (Wildman–Crippen MR) is 98.0 cm³/mol. The first-order valence-corrected chi connectivity index (χ1v) is 8.52. The van der Waals surface area contributed by atoms with Crippen molar-refractivity contribution in [1.29, 1.82) is 0 Å². The average Bonchev–Trinajstić information content (AvgIpc) is 2.97. The maximum atomic E-state index is 12.2. The van der Waals surface area contributed by atoms with Crippen molar-refractivity contribution >= 4 is 35.3 Å². The molecule has 2 rings (SSSR count). The molecule has 2 atom stereocenters. The van der Waals surface area contributed by atoms with Crippen LogP contribution in [0.3, 0.4) is 0 Å². The molecule has 0 spiro atoms. The van der Waals surface area contributed by atoms with Gasteiger partial charge in [-0.15, -0.1) is 0 Å². The van der Waals surface area contributed by atoms with Crippen LogP contribution in [0.1, 0.15) is 25.3 Å². The number of nitrogens with one attached hydrogen (secondary N) is 2. The summed E-state index contributed by atoms with van der Waals surface area (Å²) in [7, 11) is 0. The second-order valence-electron chi connectivity index (χ2n) is 5.98. The largest absolute Gasteiger partial charge is 0.356 e. The molecule has 132 valence electrons. The highest BCUT2D eigenvalue weighted by atomic mass is 35.5. The maximum absolute atomic E-state index is 12.2. The standard InChI is InChI=1S/C19H21ClN2O3/c1-13(23)2-8-17(12-15-10-11-21-19(15)25)22-18(24)9-5-14-3-6-16(20)7-4-14/h2-9,15,17H,10-12H2,1H3,(H,21,25)(H,22,24)/b8-2+,9-5+/t15-,17+/m0/s1. The molecule has 1 saturated heterocycles. The van der Waals surface area contributed by atoms with Crippen molar-refractivity contribution < 1.29 is 14.4 Å². The summed E-state index contributed by atoms with van der Waals surface area (Å²) in [5, 5.41) is 6.24. The van der Waals surface area contributed by atoms with Gasteiger partial charge in [-0.1, -0.05) is 29.8 Å². The van der Waals surface area contributed by atoms with Crippen LogP contribution >= 0.6 is 11.6 Å². The number of carbonyl (C=O) groups is 3. The van der Waals surface area contributed by atoms with Crippen LogP contribution < -0.4 is 10.6 Å². The number of amides is 2. The Bertz CT molecular complexity index is 695. The first kappa shape index (κ1) is 18.9. The van der Waals surface area contributed by atoms with E-state index >= 15 is 0 Å². The van der Waals surface area contributed by atoms with Crippen molar-refractivity contribution in [2.45, 2.75) is 25.8 Å². The Morgan fingerprint density at radius 1 is 1.32 bits per heavy atom. The highest BCUT2D eigenvalue weighted by Crippen LogP contribution is 2.17. The summed E-state index contributed by atoms with van der Waals surface area (Å²) in [6, 6.07) is 6.73. The SMILES string of the molecule is CC(=O)/C=C/[C@H](C[C@@H]1CCNC1=O)NC(=O)/C=C/c1ccc(Cl)cc1. The van der Waals surface area contributed by atoms with Gasteiger partial charge in [-0.2, -0.15) is 0 Å². The van der Waals surface area contributed by atoms with Crippen LogP contribution in [0.25, 0.3) is 6.08 Å². The van der Waals surface area contributed by atoms with E-state index in [0.29, 0.717) is 18.0 Å². The fraction of sp³-hybridized carbons (Fsp3) is 0.316. The highest BCUT2D eigenvalue weighted by molar-refractivity contribution is 6.30. The molecule has 2 N–H and O–H groups in total. The van der Waals surface area contributed by atoms with E-state index in [1.807, 2.05) is 12.1 Å². The molecule has 1 fully saturated rings. The Balaban J connectivity index is 1.98. The van der Waals surface area contributed by atoms with Crippen LogP contribution in [0.15, 0.2) is 42.5 Å². The Kier molecular flexibility index (Phi) is 6.95. The zero-order valence-corrected chi connectivity index (χ0v) is 14.8. The number of carbonyl (C=O) groups excluding carboxylic acids is 3. The Morgan fingerprint density at radius 2 is 2.04 bits per heavy atom. The van der Waals surface area contributed by atoms with Crippen LogP contribution in [-0.2, 0) is 14.4 Å². The first-order chi connectivity index (χ1) is 11.9. The monoisotopic (exact) mass is 360 g/mol. The van der Waals surface area contributed by atoms with Gasteiger partial charge < -0.3 is 10.6 Å². The summed E-state index contributed by atoms with van der Waals surface area (Å²) in [6.45, 7) is 2.09. The number of hydrogen-bond donors (Lipinski definition) is 2. The van der Waals surface area contributed by atoms with Crippen LogP contribution in [0.2, 0.25) is 5.02 Å². The highest BCUT2D eigenvalue weighted by Gasteiger charge is 2.26. The van der Waals surface area contributed by atoms with Crippen molar-refractivity contribution in [3.8, 4) is 0 Å². The number of benzene rings is 1. The summed E-state index contributed by atoms with van der Waals surface area (Å²) in [5.74, 6) is -0.548. The molecule has 5 nitrogen and oxygen atoms in total. The molecule has 6 heteroatoms. The molecule has 2 amide bonds. The van der Waals surface area contributed by atoms with Crippen LogP contribution in [-0.4, -0.2) is 30.2 Å². The van der Waals surface area contributed by atoms with E-state index in [-0.39, 0.29) is 29.6 Å². The number of hydrogen-bond acceptors (Lipinski definition) is 3. The third kappa shape index (κ3) is 6.55. The van der Waals surface area contributed by atoms with E-state index in [1.165, 1.54) is 19.1 Å². The lowest BCUT2D eigenvalue weighted by atomic mass is 9.97. The fourth-order valence-electron chi connectivity index (χ4n) is 2.59. The van der Waals surface area contributed by atoms with Crippen molar-refractivity contribution in [2.75, 3.05) is 6.54 Å². The lowest BCUT2D eigenvalue weighted by Crippen LogP contribution is -2.35. The van der Waals surface area contributed by atoms with E-state index in [0.717, 1.165) is 12.0 Å². The second kappa shape index (κ2) is 9.18. The molecule has 0 aliphatic carbocycles. The zero-order chi connectivity index (χ0) is 18.2. The normalized spacial score (nSPS) is 18.5. The van der Waals surface area contributed by atoms with E-state index in [4.69, 9.17) is 11.6 Å². The summed E-state index contributed by atoms with van der Waals surface area (Å²) in [5.41, 5.74) is 0.852. The molecular weight excluding hydrogens is 340 g/mol. The van der Waals surface area contributed by atoms with E-state index in [1.54, 1.807) is 24.3 Å². The average molecular weight is 361 g/mol. The number of rotatable bonds is 7. The Hall–Kier alpha value is -2.40. The molecule has 25 heavy (non-hydrogen) atoms. The Morgan fingerprint density at radius 3 is 2.64 bits per heavy atom. The molecule has 1 aliphatic rings. The van der Waals surface area contributed by atoms with Crippen molar-refractivity contribution in [3.63, 3.8) is 0 Å². The van der Waals surface area contributed by atoms with Gasteiger partial charge in [0.1, 0.15) is 0 Å². The van der Waals surface area contributed by atoms with Gasteiger partial charge in [0, 0.05) is 29.6 Å². The van der Waals surface area contributed by atoms with Gasteiger partial charge in [0.25, 0.3) is 0 Å². The minimum Gasteiger partial charge on any atom is -0.356 e. The summed E-state index contributed by atoms with van der Waals surface area (Å²) < 4.78 is 0. The van der Waals surface area contributed by atoms with Gasteiger partial charge >= 0.3 is 0 Å². The van der Waals surface area contributed by atoms with Crippen LogP contribution in [0.4, 0.5) is 0 Å². The van der Waals surface area contributed by atoms with Crippen molar-refractivity contribution in [2.24, 2.45) is 5.92 Å². The van der Waals surface area contributed by atoms with Gasteiger partial charge in [0.05, 0.1) is 0 Å². The topological polar surface area (TPSA) is 75.3 Å². The molecule has 0 radical (unpaired) electrons. The minimum absolute atomic E-state index is 0.00724. The third-order valence-electron chi connectivity index (χ3n) is 3.89. The molecule has 0 unspecified atom stereocenters. The number of ketones is 1. The zero-order valence-electron chi connectivity index (χ0n) is 14.0. The third-order valence-corrected chi connectivity index (χ3v) is 4.14. The lowest BCUT2D eigenvalue weighted by molar-refractivity contribution is -0.123.